The van der Waals surface area contributed by atoms with Crippen LogP contribution in [-0.4, -0.2) is 50.5 Å². The molecule has 0 unspecified atom stereocenters. The number of hydrogen-bond donors (Lipinski definition) is 1. The fourth-order valence-corrected chi connectivity index (χ4v) is 2.00. The van der Waals surface area contributed by atoms with Gasteiger partial charge in [-0.05, 0) is 25.0 Å². The first-order chi connectivity index (χ1) is 13.5. The van der Waals surface area contributed by atoms with Crippen LogP contribution in [0.15, 0.2) is 44.9 Å². The van der Waals surface area contributed by atoms with Crippen molar-refractivity contribution >= 4 is 29.3 Å². The van der Waals surface area contributed by atoms with Gasteiger partial charge in [-0.15, -0.1) is 0 Å². The summed E-state index contributed by atoms with van der Waals surface area (Å²) in [6.45, 7) is 3.82. The standard InChI is InChI=1S/C18H25N5O5/c1-13(21-25-4)18(23-26-5)14(2)22-28-12-16-9-7-6-8-15(16)11-27-20-10-17(24)19-3/h6-10H,11-12H2,1-5H3,(H,19,24)/b20-10+,21-13-,22-14-,23-18+. The van der Waals surface area contributed by atoms with Crippen LogP contribution < -0.4 is 5.32 Å². The maximum atomic E-state index is 11.1. The van der Waals surface area contributed by atoms with Crippen LogP contribution >= 0.6 is 0 Å². The molecule has 0 aliphatic carbocycles. The Hall–Kier alpha value is -3.43. The molecule has 1 rings (SSSR count). The number of rotatable bonds is 11. The molecule has 1 aromatic carbocycles. The summed E-state index contributed by atoms with van der Waals surface area (Å²) >= 11 is 0. The first kappa shape index (κ1) is 22.6. The Balaban J connectivity index is 2.75. The quantitative estimate of drug-likeness (QED) is 0.457. The molecule has 10 heteroatoms. The third kappa shape index (κ3) is 7.85. The van der Waals surface area contributed by atoms with Crippen molar-refractivity contribution in [3.8, 4) is 0 Å². The molecular weight excluding hydrogens is 366 g/mol. The minimum absolute atomic E-state index is 0.186. The number of hydrogen-bond acceptors (Lipinski definition) is 9. The second-order valence-electron chi connectivity index (χ2n) is 5.32. The average Bonchev–Trinajstić information content (AvgIpc) is 2.70. The number of carbonyl (C=O) groups is 1. The molecule has 1 N–H and O–H groups in total. The van der Waals surface area contributed by atoms with Crippen LogP contribution in [0.4, 0.5) is 0 Å². The van der Waals surface area contributed by atoms with Crippen LogP contribution in [0.3, 0.4) is 0 Å². The van der Waals surface area contributed by atoms with Crippen LogP contribution in [0.2, 0.25) is 0 Å². The lowest BCUT2D eigenvalue weighted by molar-refractivity contribution is -0.114. The van der Waals surface area contributed by atoms with Crippen molar-refractivity contribution in [2.45, 2.75) is 27.1 Å². The average molecular weight is 391 g/mol. The van der Waals surface area contributed by atoms with E-state index >= 15 is 0 Å². The Kier molecular flexibility index (Phi) is 10.4. The Morgan fingerprint density at radius 3 is 2.11 bits per heavy atom. The zero-order valence-corrected chi connectivity index (χ0v) is 16.6. The second-order valence-corrected chi connectivity index (χ2v) is 5.32. The van der Waals surface area contributed by atoms with E-state index < -0.39 is 0 Å². The summed E-state index contributed by atoms with van der Waals surface area (Å²) in [6, 6.07) is 7.50. The van der Waals surface area contributed by atoms with E-state index in [2.05, 4.69) is 25.9 Å². The lowest BCUT2D eigenvalue weighted by Crippen LogP contribution is -2.20. The van der Waals surface area contributed by atoms with Crippen LogP contribution in [0, 0.1) is 0 Å². The van der Waals surface area contributed by atoms with E-state index in [1.54, 1.807) is 13.8 Å². The fraction of sp³-hybridized carbons (Fsp3) is 0.389. The molecule has 0 saturated heterocycles. The maximum absolute atomic E-state index is 11.1. The number of oxime groups is 4. The first-order valence-corrected chi connectivity index (χ1v) is 8.33. The van der Waals surface area contributed by atoms with E-state index in [0.717, 1.165) is 17.3 Å². The maximum Gasteiger partial charge on any atom is 0.265 e. The van der Waals surface area contributed by atoms with Crippen molar-refractivity contribution in [2.24, 2.45) is 20.6 Å². The molecule has 0 radical (unpaired) electrons. The van der Waals surface area contributed by atoms with E-state index in [9.17, 15) is 4.79 Å². The molecule has 0 aliphatic rings. The molecule has 0 aliphatic heterocycles. The highest BCUT2D eigenvalue weighted by Gasteiger charge is 2.11. The van der Waals surface area contributed by atoms with E-state index in [0.29, 0.717) is 17.1 Å². The summed E-state index contributed by atoms with van der Waals surface area (Å²) in [6.07, 6.45) is 1.06. The minimum Gasteiger partial charge on any atom is -0.399 e. The molecular formula is C18H25N5O5. The van der Waals surface area contributed by atoms with Gasteiger partial charge in [0.15, 0.2) is 5.71 Å². The highest BCUT2D eigenvalue weighted by Crippen LogP contribution is 2.12. The molecule has 0 atom stereocenters. The first-order valence-electron chi connectivity index (χ1n) is 8.33. The molecule has 0 fully saturated rings. The molecule has 0 saturated carbocycles. The lowest BCUT2D eigenvalue weighted by Gasteiger charge is -2.08. The molecule has 0 spiro atoms. The van der Waals surface area contributed by atoms with Gasteiger partial charge >= 0.3 is 0 Å². The van der Waals surface area contributed by atoms with Gasteiger partial charge in [0, 0.05) is 7.05 Å². The van der Waals surface area contributed by atoms with Gasteiger partial charge < -0.3 is 24.7 Å². The summed E-state index contributed by atoms with van der Waals surface area (Å²) in [5.41, 5.74) is 3.10. The normalized spacial score (nSPS) is 12.7. The summed E-state index contributed by atoms with van der Waals surface area (Å²) in [7, 11) is 4.38. The molecule has 1 aromatic rings. The molecule has 152 valence electrons. The third-order valence-electron chi connectivity index (χ3n) is 3.35. The zero-order chi connectivity index (χ0) is 20.8. The number of carbonyl (C=O) groups excluding carboxylic acids is 1. The Morgan fingerprint density at radius 2 is 1.54 bits per heavy atom. The van der Waals surface area contributed by atoms with Gasteiger partial charge in [0.05, 0.1) is 0 Å². The predicted molar refractivity (Wildman–Crippen MR) is 106 cm³/mol. The van der Waals surface area contributed by atoms with Gasteiger partial charge in [0.2, 0.25) is 0 Å². The van der Waals surface area contributed by atoms with Gasteiger partial charge in [-0.2, -0.15) is 0 Å². The number of nitrogens with one attached hydrogen (secondary N) is 1. The van der Waals surface area contributed by atoms with Gasteiger partial charge in [-0.3, -0.25) is 4.79 Å². The number of nitrogens with zero attached hydrogens (tertiary/aromatic N) is 4. The third-order valence-corrected chi connectivity index (χ3v) is 3.35. The van der Waals surface area contributed by atoms with Crippen LogP contribution in [0.5, 0.6) is 0 Å². The van der Waals surface area contributed by atoms with Crippen molar-refractivity contribution < 1.29 is 24.1 Å². The van der Waals surface area contributed by atoms with Crippen LogP contribution in [0.25, 0.3) is 0 Å². The molecule has 0 heterocycles. The van der Waals surface area contributed by atoms with Gasteiger partial charge in [0.1, 0.15) is 45.1 Å². The van der Waals surface area contributed by atoms with Crippen molar-refractivity contribution in [2.75, 3.05) is 21.3 Å². The summed E-state index contributed by atoms with van der Waals surface area (Å²) < 4.78 is 0. The summed E-state index contributed by atoms with van der Waals surface area (Å²) in [4.78, 5) is 31.2. The van der Waals surface area contributed by atoms with E-state index in [1.165, 1.54) is 21.3 Å². The van der Waals surface area contributed by atoms with Crippen molar-refractivity contribution in [3.63, 3.8) is 0 Å². The van der Waals surface area contributed by atoms with Crippen molar-refractivity contribution in [1.29, 1.82) is 0 Å². The zero-order valence-electron chi connectivity index (χ0n) is 16.6. The van der Waals surface area contributed by atoms with Gasteiger partial charge in [0.25, 0.3) is 5.91 Å². The smallest absolute Gasteiger partial charge is 0.265 e. The molecule has 28 heavy (non-hydrogen) atoms. The monoisotopic (exact) mass is 391 g/mol. The predicted octanol–water partition coefficient (Wildman–Crippen LogP) is 1.85. The fourth-order valence-electron chi connectivity index (χ4n) is 2.00. The SMILES string of the molecule is CNC(=O)/C=N/OCc1ccccc1CO\N=C(C)/C(=N/OC)C(/C)=N\OC. The highest BCUT2D eigenvalue weighted by molar-refractivity contribution is 6.67. The van der Waals surface area contributed by atoms with Crippen LogP contribution in [0.1, 0.15) is 25.0 Å². The summed E-state index contributed by atoms with van der Waals surface area (Å²) in [5, 5.41) is 17.8. The topological polar surface area (TPSA) is 115 Å². The van der Waals surface area contributed by atoms with Crippen molar-refractivity contribution in [3.05, 3.63) is 35.4 Å². The Bertz CT molecular complexity index is 758. The number of amides is 1. The summed E-state index contributed by atoms with van der Waals surface area (Å²) in [5.74, 6) is -0.345. The minimum atomic E-state index is -0.345. The Morgan fingerprint density at radius 1 is 0.964 bits per heavy atom. The second kappa shape index (κ2) is 12.8. The van der Waals surface area contributed by atoms with Crippen molar-refractivity contribution in [1.82, 2.24) is 5.32 Å². The lowest BCUT2D eigenvalue weighted by atomic mass is 10.1. The van der Waals surface area contributed by atoms with E-state index in [4.69, 9.17) is 19.4 Å². The van der Waals surface area contributed by atoms with E-state index in [1.807, 2.05) is 24.3 Å². The Labute approximate surface area is 163 Å². The molecule has 1 amide bonds. The van der Waals surface area contributed by atoms with Crippen LogP contribution in [-0.2, 0) is 37.4 Å². The van der Waals surface area contributed by atoms with E-state index in [-0.39, 0.29) is 19.1 Å². The molecule has 10 nitrogen and oxygen atoms in total. The van der Waals surface area contributed by atoms with Gasteiger partial charge in [-0.25, -0.2) is 0 Å². The largest absolute Gasteiger partial charge is 0.399 e. The highest BCUT2D eigenvalue weighted by atomic mass is 16.6. The van der Waals surface area contributed by atoms with Gasteiger partial charge in [-0.1, -0.05) is 44.9 Å². The molecule has 0 aromatic heterocycles. The molecule has 0 bridgehead atoms. The number of benzene rings is 1.